The van der Waals surface area contributed by atoms with E-state index in [4.69, 9.17) is 9.47 Å². The summed E-state index contributed by atoms with van der Waals surface area (Å²) in [5, 5.41) is 0. The van der Waals surface area contributed by atoms with Crippen molar-refractivity contribution in [3.63, 3.8) is 0 Å². The van der Waals surface area contributed by atoms with Crippen LogP contribution in [-0.2, 0) is 14.3 Å². The summed E-state index contributed by atoms with van der Waals surface area (Å²) in [6, 6.07) is 0. The van der Waals surface area contributed by atoms with Gasteiger partial charge in [-0.25, -0.2) is 0 Å². The molecule has 3 heteroatoms. The molecule has 0 saturated heterocycles. The Labute approximate surface area is 125 Å². The molecule has 0 aromatic rings. The van der Waals surface area contributed by atoms with Crippen LogP contribution >= 0.6 is 0 Å². The highest BCUT2D eigenvalue weighted by Gasteiger charge is 2.11. The molecule has 0 bridgehead atoms. The van der Waals surface area contributed by atoms with Gasteiger partial charge in [-0.1, -0.05) is 65.2 Å². The molecular formula is C17H34O3. The number of rotatable bonds is 14. The van der Waals surface area contributed by atoms with E-state index in [9.17, 15) is 4.79 Å². The van der Waals surface area contributed by atoms with Crippen molar-refractivity contribution in [2.75, 3.05) is 6.61 Å². The molecule has 0 aliphatic carbocycles. The Bertz CT molecular complexity index is 216. The molecule has 0 aliphatic heterocycles. The third-order valence-electron chi connectivity index (χ3n) is 3.39. The highest BCUT2D eigenvalue weighted by molar-refractivity contribution is 5.66. The molecule has 0 radical (unpaired) electrons. The Morgan fingerprint density at radius 2 is 1.40 bits per heavy atom. The van der Waals surface area contributed by atoms with Crippen LogP contribution in [0.2, 0.25) is 0 Å². The third kappa shape index (κ3) is 13.9. The van der Waals surface area contributed by atoms with Crippen LogP contribution in [-0.4, -0.2) is 18.9 Å². The highest BCUT2D eigenvalue weighted by Crippen LogP contribution is 2.13. The summed E-state index contributed by atoms with van der Waals surface area (Å²) >= 11 is 0. The number of hydrogen-bond donors (Lipinski definition) is 0. The van der Waals surface area contributed by atoms with Gasteiger partial charge in [0.1, 0.15) is 0 Å². The lowest BCUT2D eigenvalue weighted by atomic mass is 10.1. The van der Waals surface area contributed by atoms with E-state index >= 15 is 0 Å². The Hall–Kier alpha value is -0.570. The molecular weight excluding hydrogens is 252 g/mol. The maximum absolute atomic E-state index is 11.0. The lowest BCUT2D eigenvalue weighted by Crippen LogP contribution is -2.20. The third-order valence-corrected chi connectivity index (χ3v) is 3.39. The molecule has 1 unspecified atom stereocenters. The van der Waals surface area contributed by atoms with Crippen molar-refractivity contribution in [1.82, 2.24) is 0 Å². The van der Waals surface area contributed by atoms with E-state index in [0.717, 1.165) is 25.7 Å². The maximum atomic E-state index is 11.0. The van der Waals surface area contributed by atoms with Gasteiger partial charge in [0.25, 0.3) is 0 Å². The molecule has 0 spiro atoms. The largest absolute Gasteiger partial charge is 0.436 e. The quantitative estimate of drug-likeness (QED) is 0.249. The summed E-state index contributed by atoms with van der Waals surface area (Å²) in [6.45, 7) is 6.51. The summed E-state index contributed by atoms with van der Waals surface area (Å²) < 4.78 is 10.8. The first-order chi connectivity index (χ1) is 9.70. The molecule has 1 atom stereocenters. The average molecular weight is 286 g/mol. The molecule has 0 rings (SSSR count). The summed E-state index contributed by atoms with van der Waals surface area (Å²) in [7, 11) is 0. The molecule has 20 heavy (non-hydrogen) atoms. The highest BCUT2D eigenvalue weighted by atomic mass is 16.7. The molecule has 3 nitrogen and oxygen atoms in total. The Kier molecular flexibility index (Phi) is 14.4. The fourth-order valence-electron chi connectivity index (χ4n) is 2.17. The summed E-state index contributed by atoms with van der Waals surface area (Å²) in [6.07, 6.45) is 12.9. The van der Waals surface area contributed by atoms with Crippen LogP contribution < -0.4 is 0 Å². The van der Waals surface area contributed by atoms with E-state index in [1.54, 1.807) is 0 Å². The number of carbonyl (C=O) groups excluding carboxylic acids is 1. The van der Waals surface area contributed by atoms with Crippen molar-refractivity contribution < 1.29 is 14.3 Å². The zero-order chi connectivity index (χ0) is 15.1. The number of unbranched alkanes of at least 4 members (excludes halogenated alkanes) is 8. The fourth-order valence-corrected chi connectivity index (χ4v) is 2.17. The van der Waals surface area contributed by atoms with E-state index in [2.05, 4.69) is 13.8 Å². The first-order valence-electron chi connectivity index (χ1n) is 8.49. The molecule has 0 aromatic heterocycles. The van der Waals surface area contributed by atoms with Crippen LogP contribution in [0, 0.1) is 0 Å². The minimum absolute atomic E-state index is 0.244. The number of carbonyl (C=O) groups is 1. The minimum Gasteiger partial charge on any atom is -0.436 e. The molecule has 0 heterocycles. The van der Waals surface area contributed by atoms with Crippen LogP contribution in [0.5, 0.6) is 0 Å². The first kappa shape index (κ1) is 19.4. The van der Waals surface area contributed by atoms with Gasteiger partial charge in [0.05, 0.1) is 6.61 Å². The van der Waals surface area contributed by atoms with Gasteiger partial charge < -0.3 is 9.47 Å². The predicted molar refractivity (Wildman–Crippen MR) is 83.6 cm³/mol. The van der Waals surface area contributed by atoms with Gasteiger partial charge in [-0.2, -0.15) is 0 Å². The molecule has 0 fully saturated rings. The number of esters is 1. The minimum atomic E-state index is -0.334. The van der Waals surface area contributed by atoms with E-state index in [-0.39, 0.29) is 12.3 Å². The predicted octanol–water partition coefficient (Wildman–Crippen LogP) is 5.22. The van der Waals surface area contributed by atoms with Crippen molar-refractivity contribution in [3.8, 4) is 0 Å². The van der Waals surface area contributed by atoms with Gasteiger partial charge in [-0.15, -0.1) is 0 Å². The second kappa shape index (κ2) is 14.8. The van der Waals surface area contributed by atoms with Crippen molar-refractivity contribution in [3.05, 3.63) is 0 Å². The van der Waals surface area contributed by atoms with Crippen molar-refractivity contribution in [2.45, 2.75) is 97.7 Å². The van der Waals surface area contributed by atoms with E-state index in [0.29, 0.717) is 6.61 Å². The first-order valence-corrected chi connectivity index (χ1v) is 8.49. The van der Waals surface area contributed by atoms with E-state index in [1.165, 1.54) is 51.9 Å². The second-order valence-corrected chi connectivity index (χ2v) is 5.53. The molecule has 120 valence electrons. The van der Waals surface area contributed by atoms with Crippen LogP contribution in [0.15, 0.2) is 0 Å². The maximum Gasteiger partial charge on any atom is 0.304 e. The number of hydrogen-bond acceptors (Lipinski definition) is 3. The van der Waals surface area contributed by atoms with Gasteiger partial charge in [-0.05, 0) is 12.8 Å². The van der Waals surface area contributed by atoms with Crippen molar-refractivity contribution >= 4 is 5.97 Å². The Morgan fingerprint density at radius 1 is 0.850 bits per heavy atom. The van der Waals surface area contributed by atoms with E-state index in [1.807, 2.05) is 0 Å². The summed E-state index contributed by atoms with van der Waals surface area (Å²) in [5.74, 6) is -0.244. The fraction of sp³-hybridized carbons (Fsp3) is 0.941. The SMILES string of the molecule is CCCCCCCCCCC(OCCCC)OC(C)=O. The van der Waals surface area contributed by atoms with Gasteiger partial charge in [-0.3, -0.25) is 4.79 Å². The molecule has 0 aromatic carbocycles. The average Bonchev–Trinajstić information content (AvgIpc) is 2.41. The molecule has 0 saturated carbocycles. The van der Waals surface area contributed by atoms with Crippen LogP contribution in [0.4, 0.5) is 0 Å². The lowest BCUT2D eigenvalue weighted by molar-refractivity contribution is -0.178. The molecule has 0 N–H and O–H groups in total. The zero-order valence-corrected chi connectivity index (χ0v) is 13.8. The Balaban J connectivity index is 3.54. The van der Waals surface area contributed by atoms with Gasteiger partial charge >= 0.3 is 5.97 Å². The lowest BCUT2D eigenvalue weighted by Gasteiger charge is -2.17. The monoisotopic (exact) mass is 286 g/mol. The summed E-state index contributed by atoms with van der Waals surface area (Å²) in [5.41, 5.74) is 0. The molecule has 0 amide bonds. The van der Waals surface area contributed by atoms with E-state index < -0.39 is 0 Å². The Morgan fingerprint density at radius 3 is 1.95 bits per heavy atom. The zero-order valence-electron chi connectivity index (χ0n) is 13.8. The summed E-state index contributed by atoms with van der Waals surface area (Å²) in [4.78, 5) is 11.0. The normalized spacial score (nSPS) is 12.3. The van der Waals surface area contributed by atoms with Crippen molar-refractivity contribution in [2.24, 2.45) is 0 Å². The standard InChI is InChI=1S/C17H34O3/c1-4-6-8-9-10-11-12-13-14-17(20-16(3)18)19-15-7-5-2/h17H,4-15H2,1-3H3. The van der Waals surface area contributed by atoms with Crippen molar-refractivity contribution in [1.29, 1.82) is 0 Å². The van der Waals surface area contributed by atoms with Gasteiger partial charge in [0.15, 0.2) is 0 Å². The number of ether oxygens (including phenoxy) is 2. The van der Waals surface area contributed by atoms with Gasteiger partial charge in [0.2, 0.25) is 6.29 Å². The van der Waals surface area contributed by atoms with Crippen LogP contribution in [0.3, 0.4) is 0 Å². The van der Waals surface area contributed by atoms with Gasteiger partial charge in [0, 0.05) is 13.3 Å². The second-order valence-electron chi connectivity index (χ2n) is 5.53. The topological polar surface area (TPSA) is 35.5 Å². The van der Waals surface area contributed by atoms with Crippen LogP contribution in [0.1, 0.15) is 91.4 Å². The molecule has 0 aliphatic rings. The smallest absolute Gasteiger partial charge is 0.304 e. The van der Waals surface area contributed by atoms with Crippen LogP contribution in [0.25, 0.3) is 0 Å².